The SMILES string of the molecule is Nc1ccncc1CC(=O)CCC1CCNC1. The first-order valence-corrected chi connectivity index (χ1v) is 6.16. The summed E-state index contributed by atoms with van der Waals surface area (Å²) >= 11 is 0. The van der Waals surface area contributed by atoms with E-state index in [4.69, 9.17) is 5.73 Å². The number of pyridine rings is 1. The van der Waals surface area contributed by atoms with Crippen LogP contribution < -0.4 is 11.1 Å². The predicted octanol–water partition coefficient (Wildman–Crippen LogP) is 1.17. The molecule has 92 valence electrons. The van der Waals surface area contributed by atoms with Gasteiger partial charge < -0.3 is 11.1 Å². The molecule has 0 bridgehead atoms. The van der Waals surface area contributed by atoms with Crippen LogP contribution in [0.4, 0.5) is 5.69 Å². The fraction of sp³-hybridized carbons (Fsp3) is 0.538. The molecule has 4 nitrogen and oxygen atoms in total. The first-order valence-electron chi connectivity index (χ1n) is 6.16. The van der Waals surface area contributed by atoms with Crippen molar-refractivity contribution >= 4 is 11.5 Å². The molecule has 0 aliphatic carbocycles. The molecular formula is C13H19N3O. The summed E-state index contributed by atoms with van der Waals surface area (Å²) in [6.45, 7) is 2.15. The van der Waals surface area contributed by atoms with E-state index in [0.29, 0.717) is 24.4 Å². The minimum absolute atomic E-state index is 0.261. The van der Waals surface area contributed by atoms with Gasteiger partial charge in [-0.25, -0.2) is 0 Å². The Labute approximate surface area is 102 Å². The van der Waals surface area contributed by atoms with Gasteiger partial charge in [0.2, 0.25) is 0 Å². The number of Topliss-reactive ketones (excluding diaryl/α,β-unsaturated/α-hetero) is 1. The molecule has 17 heavy (non-hydrogen) atoms. The maximum Gasteiger partial charge on any atom is 0.137 e. The maximum atomic E-state index is 11.8. The Morgan fingerprint density at radius 1 is 1.59 bits per heavy atom. The molecule has 4 heteroatoms. The van der Waals surface area contributed by atoms with Crippen molar-refractivity contribution in [3.05, 3.63) is 24.0 Å². The lowest BCUT2D eigenvalue weighted by Gasteiger charge is -2.07. The number of hydrogen-bond acceptors (Lipinski definition) is 4. The second kappa shape index (κ2) is 5.77. The van der Waals surface area contributed by atoms with E-state index in [2.05, 4.69) is 10.3 Å². The van der Waals surface area contributed by atoms with Crippen molar-refractivity contribution in [2.24, 2.45) is 5.92 Å². The first kappa shape index (κ1) is 12.0. The zero-order valence-electron chi connectivity index (χ0n) is 9.98. The highest BCUT2D eigenvalue weighted by Crippen LogP contribution is 2.16. The van der Waals surface area contributed by atoms with Gasteiger partial charge in [-0.05, 0) is 37.9 Å². The van der Waals surface area contributed by atoms with Gasteiger partial charge in [-0.3, -0.25) is 9.78 Å². The molecule has 2 rings (SSSR count). The summed E-state index contributed by atoms with van der Waals surface area (Å²) in [5.41, 5.74) is 7.30. The quantitative estimate of drug-likeness (QED) is 0.801. The molecule has 0 saturated carbocycles. The Morgan fingerprint density at radius 3 is 3.18 bits per heavy atom. The van der Waals surface area contributed by atoms with Crippen LogP contribution >= 0.6 is 0 Å². The molecule has 1 aliphatic rings. The van der Waals surface area contributed by atoms with Gasteiger partial charge in [0.25, 0.3) is 0 Å². The number of hydrogen-bond donors (Lipinski definition) is 2. The minimum Gasteiger partial charge on any atom is -0.398 e. The van der Waals surface area contributed by atoms with Crippen LogP contribution in [0.15, 0.2) is 18.5 Å². The topological polar surface area (TPSA) is 68.0 Å². The summed E-state index contributed by atoms with van der Waals surface area (Å²) in [6.07, 6.45) is 6.59. The van der Waals surface area contributed by atoms with Crippen molar-refractivity contribution in [1.29, 1.82) is 0 Å². The Bertz CT molecular complexity index is 386. The molecule has 1 fully saturated rings. The number of nitrogens with two attached hydrogens (primary N) is 1. The van der Waals surface area contributed by atoms with E-state index in [0.717, 1.165) is 25.1 Å². The monoisotopic (exact) mass is 233 g/mol. The second-order valence-corrected chi connectivity index (χ2v) is 4.69. The van der Waals surface area contributed by atoms with Crippen molar-refractivity contribution in [1.82, 2.24) is 10.3 Å². The summed E-state index contributed by atoms with van der Waals surface area (Å²) in [7, 11) is 0. The number of nitrogens with one attached hydrogen (secondary N) is 1. The van der Waals surface area contributed by atoms with Crippen molar-refractivity contribution in [3.8, 4) is 0 Å². The van der Waals surface area contributed by atoms with Gasteiger partial charge in [-0.15, -0.1) is 0 Å². The molecule has 1 saturated heterocycles. The van der Waals surface area contributed by atoms with Crippen LogP contribution in [-0.4, -0.2) is 23.9 Å². The molecule has 1 unspecified atom stereocenters. The lowest BCUT2D eigenvalue weighted by atomic mass is 9.98. The zero-order valence-corrected chi connectivity index (χ0v) is 9.98. The summed E-state index contributed by atoms with van der Waals surface area (Å²) < 4.78 is 0. The van der Waals surface area contributed by atoms with Gasteiger partial charge >= 0.3 is 0 Å². The average Bonchev–Trinajstić information content (AvgIpc) is 2.82. The van der Waals surface area contributed by atoms with E-state index < -0.39 is 0 Å². The van der Waals surface area contributed by atoms with Gasteiger partial charge in [0.1, 0.15) is 5.78 Å². The number of aromatic nitrogens is 1. The van der Waals surface area contributed by atoms with Crippen LogP contribution in [0, 0.1) is 5.92 Å². The molecule has 0 radical (unpaired) electrons. The Morgan fingerprint density at radius 2 is 2.47 bits per heavy atom. The van der Waals surface area contributed by atoms with Crippen LogP contribution in [0.2, 0.25) is 0 Å². The number of rotatable bonds is 5. The number of carbonyl (C=O) groups is 1. The maximum absolute atomic E-state index is 11.8. The van der Waals surface area contributed by atoms with E-state index in [1.807, 2.05) is 0 Å². The minimum atomic E-state index is 0.261. The highest BCUT2D eigenvalue weighted by molar-refractivity contribution is 5.82. The number of carbonyl (C=O) groups excluding carboxylic acids is 1. The molecule has 3 N–H and O–H groups in total. The van der Waals surface area contributed by atoms with E-state index in [9.17, 15) is 4.79 Å². The Balaban J connectivity index is 1.79. The Hall–Kier alpha value is -1.42. The number of nitrogen functional groups attached to an aromatic ring is 1. The van der Waals surface area contributed by atoms with Crippen LogP contribution in [-0.2, 0) is 11.2 Å². The second-order valence-electron chi connectivity index (χ2n) is 4.69. The molecule has 0 aromatic carbocycles. The van der Waals surface area contributed by atoms with E-state index >= 15 is 0 Å². The van der Waals surface area contributed by atoms with Crippen LogP contribution in [0.5, 0.6) is 0 Å². The van der Waals surface area contributed by atoms with Gasteiger partial charge in [0.05, 0.1) is 0 Å². The fourth-order valence-electron chi connectivity index (χ4n) is 2.21. The van der Waals surface area contributed by atoms with E-state index in [1.165, 1.54) is 6.42 Å². The molecule has 1 aromatic rings. The molecule has 1 atom stereocenters. The lowest BCUT2D eigenvalue weighted by molar-refractivity contribution is -0.118. The third kappa shape index (κ3) is 3.53. The third-order valence-electron chi connectivity index (χ3n) is 3.32. The zero-order chi connectivity index (χ0) is 12.1. The van der Waals surface area contributed by atoms with E-state index in [-0.39, 0.29) is 5.78 Å². The van der Waals surface area contributed by atoms with Crippen LogP contribution in [0.25, 0.3) is 0 Å². The number of anilines is 1. The van der Waals surface area contributed by atoms with Crippen molar-refractivity contribution in [3.63, 3.8) is 0 Å². The molecule has 1 aliphatic heterocycles. The lowest BCUT2D eigenvalue weighted by Crippen LogP contribution is -2.11. The average molecular weight is 233 g/mol. The van der Waals surface area contributed by atoms with Gasteiger partial charge in [0.15, 0.2) is 0 Å². The van der Waals surface area contributed by atoms with Crippen molar-refractivity contribution in [2.45, 2.75) is 25.7 Å². The smallest absolute Gasteiger partial charge is 0.137 e. The number of nitrogens with zero attached hydrogens (tertiary/aromatic N) is 1. The molecule has 0 spiro atoms. The Kier molecular flexibility index (Phi) is 4.09. The van der Waals surface area contributed by atoms with Crippen molar-refractivity contribution in [2.75, 3.05) is 18.8 Å². The summed E-state index contributed by atoms with van der Waals surface area (Å²) in [5.74, 6) is 0.932. The molecule has 1 aromatic heterocycles. The normalized spacial score (nSPS) is 19.4. The highest BCUT2D eigenvalue weighted by atomic mass is 16.1. The summed E-state index contributed by atoms with van der Waals surface area (Å²) in [5, 5.41) is 3.31. The largest absolute Gasteiger partial charge is 0.398 e. The van der Waals surface area contributed by atoms with Crippen LogP contribution in [0.1, 0.15) is 24.8 Å². The van der Waals surface area contributed by atoms with Crippen LogP contribution in [0.3, 0.4) is 0 Å². The fourth-order valence-corrected chi connectivity index (χ4v) is 2.21. The van der Waals surface area contributed by atoms with Crippen molar-refractivity contribution < 1.29 is 4.79 Å². The predicted molar refractivity (Wildman–Crippen MR) is 67.6 cm³/mol. The summed E-state index contributed by atoms with van der Waals surface area (Å²) in [4.78, 5) is 15.8. The van der Waals surface area contributed by atoms with Gasteiger partial charge in [-0.2, -0.15) is 0 Å². The third-order valence-corrected chi connectivity index (χ3v) is 3.32. The standard InChI is InChI=1S/C13H19N3O/c14-13-4-6-16-9-11(13)7-12(17)2-1-10-3-5-15-8-10/h4,6,9-10,15H,1-3,5,7-8H2,(H2,14,16). The number of ketones is 1. The molecule has 0 amide bonds. The molecule has 2 heterocycles. The first-order chi connectivity index (χ1) is 8.25. The van der Waals surface area contributed by atoms with Gasteiger partial charge in [-0.1, -0.05) is 0 Å². The van der Waals surface area contributed by atoms with E-state index in [1.54, 1.807) is 18.5 Å². The van der Waals surface area contributed by atoms with Gasteiger partial charge in [0, 0.05) is 36.5 Å². The molecular weight excluding hydrogens is 214 g/mol. The summed E-state index contributed by atoms with van der Waals surface area (Å²) in [6, 6.07) is 1.74. The highest BCUT2D eigenvalue weighted by Gasteiger charge is 2.16.